The smallest absolute Gasteiger partial charge is 0.143 e. The molecule has 1 aromatic rings. The van der Waals surface area contributed by atoms with E-state index < -0.39 is 5.82 Å². The van der Waals surface area contributed by atoms with Crippen molar-refractivity contribution in [1.29, 1.82) is 0 Å². The molecule has 0 bridgehead atoms. The van der Waals surface area contributed by atoms with Gasteiger partial charge in [-0.25, -0.2) is 4.39 Å². The summed E-state index contributed by atoms with van der Waals surface area (Å²) in [6, 6.07) is 2.79. The first kappa shape index (κ1) is 13.1. The molecule has 0 aliphatic rings. The topological polar surface area (TPSA) is 58.3 Å². The van der Waals surface area contributed by atoms with E-state index in [-0.39, 0.29) is 17.7 Å². The molecule has 0 saturated carbocycles. The van der Waals surface area contributed by atoms with Crippen LogP contribution in [0.25, 0.3) is 0 Å². The van der Waals surface area contributed by atoms with Crippen molar-refractivity contribution in [2.45, 2.75) is 25.8 Å². The van der Waals surface area contributed by atoms with E-state index in [9.17, 15) is 4.39 Å². The predicted octanol–water partition coefficient (Wildman–Crippen LogP) is 2.63. The second-order valence-corrected chi connectivity index (χ2v) is 4.17. The average Bonchev–Trinajstić information content (AvgIpc) is 2.23. The van der Waals surface area contributed by atoms with Crippen molar-refractivity contribution in [3.63, 3.8) is 0 Å². The van der Waals surface area contributed by atoms with Crippen molar-refractivity contribution < 1.29 is 9.50 Å². The van der Waals surface area contributed by atoms with E-state index in [0.29, 0.717) is 17.8 Å². The number of aliphatic hydroxyl groups excluding tert-OH is 1. The molecule has 4 N–H and O–H groups in total. The number of nitrogen functional groups attached to an aromatic ring is 1. The van der Waals surface area contributed by atoms with E-state index in [2.05, 4.69) is 5.32 Å². The van der Waals surface area contributed by atoms with E-state index in [1.165, 1.54) is 12.1 Å². The second kappa shape index (κ2) is 5.92. The number of nitrogens with two attached hydrogens (primary N) is 1. The monoisotopic (exact) mass is 246 g/mol. The first-order valence-corrected chi connectivity index (χ1v) is 5.54. The fourth-order valence-corrected chi connectivity index (χ4v) is 1.59. The Bertz CT molecular complexity index is 360. The molecule has 0 heterocycles. The normalized spacial score (nSPS) is 12.5. The maximum absolute atomic E-state index is 13.2. The molecular formula is C11H16ClFN2O. The third kappa shape index (κ3) is 3.54. The van der Waals surface area contributed by atoms with Gasteiger partial charge < -0.3 is 16.2 Å². The highest BCUT2D eigenvalue weighted by Crippen LogP contribution is 2.26. The molecule has 1 atom stereocenters. The van der Waals surface area contributed by atoms with Crippen LogP contribution in [0.3, 0.4) is 0 Å². The third-order valence-corrected chi connectivity index (χ3v) is 2.58. The zero-order valence-corrected chi connectivity index (χ0v) is 9.89. The van der Waals surface area contributed by atoms with Gasteiger partial charge in [0.2, 0.25) is 0 Å². The highest BCUT2D eigenvalue weighted by molar-refractivity contribution is 6.31. The zero-order valence-electron chi connectivity index (χ0n) is 9.13. The van der Waals surface area contributed by atoms with Gasteiger partial charge in [-0.05, 0) is 25.8 Å². The lowest BCUT2D eigenvalue weighted by molar-refractivity contribution is 0.282. The molecule has 1 rings (SSSR count). The standard InChI is InChI=1S/C11H16ClFN2O/c1-7(3-2-4-16)15-11-6-9(13)8(12)5-10(11)14/h5-7,15-16H,2-4,14H2,1H3. The van der Waals surface area contributed by atoms with Gasteiger partial charge >= 0.3 is 0 Å². The van der Waals surface area contributed by atoms with Crippen LogP contribution in [0.2, 0.25) is 5.02 Å². The molecule has 5 heteroatoms. The Morgan fingerprint density at radius 3 is 2.88 bits per heavy atom. The first-order valence-electron chi connectivity index (χ1n) is 5.16. The highest BCUT2D eigenvalue weighted by Gasteiger charge is 2.08. The average molecular weight is 247 g/mol. The Hall–Kier alpha value is -1.00. The molecular weight excluding hydrogens is 231 g/mol. The molecule has 0 amide bonds. The lowest BCUT2D eigenvalue weighted by atomic mass is 10.1. The van der Waals surface area contributed by atoms with Gasteiger partial charge in [0.25, 0.3) is 0 Å². The first-order chi connectivity index (χ1) is 7.54. The molecule has 0 spiro atoms. The molecule has 0 aliphatic carbocycles. The maximum atomic E-state index is 13.2. The molecule has 90 valence electrons. The number of halogens is 2. The number of rotatable bonds is 5. The summed E-state index contributed by atoms with van der Waals surface area (Å²) in [4.78, 5) is 0. The zero-order chi connectivity index (χ0) is 12.1. The van der Waals surface area contributed by atoms with Crippen LogP contribution < -0.4 is 11.1 Å². The molecule has 1 aromatic carbocycles. The fourth-order valence-electron chi connectivity index (χ4n) is 1.42. The van der Waals surface area contributed by atoms with Crippen LogP contribution in [0, 0.1) is 5.82 Å². The van der Waals surface area contributed by atoms with Crippen molar-refractivity contribution >= 4 is 23.0 Å². The summed E-state index contributed by atoms with van der Waals surface area (Å²) in [5, 5.41) is 11.8. The summed E-state index contributed by atoms with van der Waals surface area (Å²) in [6.07, 6.45) is 1.49. The Morgan fingerprint density at radius 2 is 2.25 bits per heavy atom. The van der Waals surface area contributed by atoms with Gasteiger partial charge in [0.05, 0.1) is 16.4 Å². The summed E-state index contributed by atoms with van der Waals surface area (Å²) in [7, 11) is 0. The van der Waals surface area contributed by atoms with Crippen LogP contribution in [0.15, 0.2) is 12.1 Å². The van der Waals surface area contributed by atoms with E-state index in [1.807, 2.05) is 6.92 Å². The SMILES string of the molecule is CC(CCCO)Nc1cc(F)c(Cl)cc1N. The summed E-state index contributed by atoms with van der Waals surface area (Å²) in [5.74, 6) is -0.493. The lowest BCUT2D eigenvalue weighted by Gasteiger charge is -2.16. The summed E-state index contributed by atoms with van der Waals surface area (Å²) in [5.41, 5.74) is 6.66. The van der Waals surface area contributed by atoms with Crippen molar-refractivity contribution in [1.82, 2.24) is 0 Å². The van der Waals surface area contributed by atoms with Gasteiger partial charge in [-0.2, -0.15) is 0 Å². The number of anilines is 2. The van der Waals surface area contributed by atoms with E-state index in [1.54, 1.807) is 0 Å². The molecule has 1 unspecified atom stereocenters. The number of benzene rings is 1. The van der Waals surface area contributed by atoms with Crippen LogP contribution in [0.1, 0.15) is 19.8 Å². The van der Waals surface area contributed by atoms with E-state index in [4.69, 9.17) is 22.4 Å². The van der Waals surface area contributed by atoms with E-state index in [0.717, 1.165) is 6.42 Å². The van der Waals surface area contributed by atoms with Crippen molar-refractivity contribution in [3.8, 4) is 0 Å². The van der Waals surface area contributed by atoms with Crippen LogP contribution in [0.4, 0.5) is 15.8 Å². The molecule has 0 radical (unpaired) electrons. The molecule has 0 saturated heterocycles. The van der Waals surface area contributed by atoms with Gasteiger partial charge in [-0.3, -0.25) is 0 Å². The van der Waals surface area contributed by atoms with Gasteiger partial charge in [0, 0.05) is 18.7 Å². The van der Waals surface area contributed by atoms with Crippen molar-refractivity contribution in [3.05, 3.63) is 23.0 Å². The minimum atomic E-state index is -0.493. The van der Waals surface area contributed by atoms with Crippen molar-refractivity contribution in [2.24, 2.45) is 0 Å². The van der Waals surface area contributed by atoms with Gasteiger partial charge in [0.1, 0.15) is 5.82 Å². The van der Waals surface area contributed by atoms with Crippen LogP contribution in [-0.2, 0) is 0 Å². The number of aliphatic hydroxyl groups is 1. The Kier molecular flexibility index (Phi) is 4.83. The van der Waals surface area contributed by atoms with Crippen molar-refractivity contribution in [2.75, 3.05) is 17.7 Å². The number of hydrogen-bond donors (Lipinski definition) is 3. The minimum absolute atomic E-state index is 0.0195. The van der Waals surface area contributed by atoms with E-state index >= 15 is 0 Å². The molecule has 0 aromatic heterocycles. The van der Waals surface area contributed by atoms with Gasteiger partial charge in [-0.15, -0.1) is 0 Å². The Morgan fingerprint density at radius 1 is 1.56 bits per heavy atom. The van der Waals surface area contributed by atoms with Gasteiger partial charge in [-0.1, -0.05) is 11.6 Å². The summed E-state index contributed by atoms with van der Waals surface area (Å²) in [6.45, 7) is 2.10. The summed E-state index contributed by atoms with van der Waals surface area (Å²) < 4.78 is 13.2. The quantitative estimate of drug-likeness (QED) is 0.700. The van der Waals surface area contributed by atoms with Gasteiger partial charge in [0.15, 0.2) is 0 Å². The molecule has 3 nitrogen and oxygen atoms in total. The Labute approximate surface area is 99.4 Å². The molecule has 0 aliphatic heterocycles. The number of hydrogen-bond acceptors (Lipinski definition) is 3. The fraction of sp³-hybridized carbons (Fsp3) is 0.455. The molecule has 0 fully saturated rings. The predicted molar refractivity (Wildman–Crippen MR) is 65.2 cm³/mol. The third-order valence-electron chi connectivity index (χ3n) is 2.29. The highest BCUT2D eigenvalue weighted by atomic mass is 35.5. The molecule has 16 heavy (non-hydrogen) atoms. The maximum Gasteiger partial charge on any atom is 0.143 e. The second-order valence-electron chi connectivity index (χ2n) is 3.76. The summed E-state index contributed by atoms with van der Waals surface area (Å²) >= 11 is 5.59. The van der Waals surface area contributed by atoms with Crippen LogP contribution in [-0.4, -0.2) is 17.8 Å². The largest absolute Gasteiger partial charge is 0.397 e. The van der Waals surface area contributed by atoms with Crippen LogP contribution >= 0.6 is 11.6 Å². The number of nitrogens with one attached hydrogen (secondary N) is 1. The minimum Gasteiger partial charge on any atom is -0.397 e. The van der Waals surface area contributed by atoms with Crippen LogP contribution in [0.5, 0.6) is 0 Å². The lowest BCUT2D eigenvalue weighted by Crippen LogP contribution is -2.16. The Balaban J connectivity index is 2.69.